The van der Waals surface area contributed by atoms with Crippen molar-refractivity contribution in [2.75, 3.05) is 92.5 Å². The molecular weight excluding hydrogens is 792 g/mol. The van der Waals surface area contributed by atoms with Crippen molar-refractivity contribution in [1.82, 2.24) is 19.9 Å². The Balaban J connectivity index is 1.09. The number of carbonyl (C=O) groups excluding carboxylic acids is 1. The van der Waals surface area contributed by atoms with Crippen molar-refractivity contribution in [3.05, 3.63) is 103 Å². The molecule has 0 bridgehead atoms. The number of H-pyrrole nitrogens is 2. The van der Waals surface area contributed by atoms with Crippen LogP contribution in [0.3, 0.4) is 0 Å². The number of Topliss-reactive ketones (excluding diaryl/α,β-unsaturated/α-hetero) is 1. The molecule has 16 nitrogen and oxygen atoms in total. The summed E-state index contributed by atoms with van der Waals surface area (Å²) in [5, 5.41) is 5.88. The number of pyridine rings is 2. The molecule has 0 atom stereocenters. The van der Waals surface area contributed by atoms with Crippen LogP contribution in [0.2, 0.25) is 0 Å². The van der Waals surface area contributed by atoms with Crippen LogP contribution in [-0.4, -0.2) is 98.1 Å². The number of hydrogen-bond donors (Lipinski definition) is 4. The Morgan fingerprint density at radius 3 is 1.71 bits per heavy atom. The number of benzene rings is 2. The van der Waals surface area contributed by atoms with E-state index < -0.39 is 20.3 Å². The molecule has 0 amide bonds. The van der Waals surface area contributed by atoms with E-state index in [1.54, 1.807) is 30.6 Å². The SMILES string of the molecule is CN(CCN(C)c1ccccn1)c1ccc2cc(NC(Nc3cc4ccc(C(=O)CCN(C)c5ccccn5)cc4[nH]3)(P3(=O)OCCCO3)P3(=O)OCCCO3)[nH]c2c1. The number of fused-ring (bicyclic) bond motifs is 2. The zero-order valence-electron chi connectivity index (χ0n) is 33.3. The van der Waals surface area contributed by atoms with Crippen LogP contribution in [0.5, 0.6) is 0 Å². The first-order valence-electron chi connectivity index (χ1n) is 19.6. The number of hydrogen-bond acceptors (Lipinski definition) is 14. The lowest BCUT2D eigenvalue weighted by molar-refractivity contribution is 0.0984. The van der Waals surface area contributed by atoms with Crippen LogP contribution in [0.15, 0.2) is 97.3 Å². The topological polar surface area (TPSA) is 179 Å². The molecule has 6 aromatic rings. The van der Waals surface area contributed by atoms with Gasteiger partial charge >= 0.3 is 20.3 Å². The third kappa shape index (κ3) is 8.47. The first-order valence-corrected chi connectivity index (χ1v) is 22.7. The second-order valence-electron chi connectivity index (χ2n) is 14.7. The summed E-state index contributed by atoms with van der Waals surface area (Å²) in [7, 11) is -2.86. The number of likely N-dealkylation sites (N-methyl/N-ethyl adjacent to an activating group) is 2. The Morgan fingerprint density at radius 1 is 0.661 bits per heavy atom. The number of nitrogens with zero attached hydrogens (tertiary/aromatic N) is 5. The second kappa shape index (κ2) is 17.2. The highest BCUT2D eigenvalue weighted by molar-refractivity contribution is 7.74. The average molecular weight is 842 g/mol. The first kappa shape index (κ1) is 40.6. The number of ketones is 1. The number of aromatic amines is 2. The molecule has 0 radical (unpaired) electrons. The van der Waals surface area contributed by atoms with Crippen molar-refractivity contribution < 1.29 is 32.0 Å². The van der Waals surface area contributed by atoms with Crippen molar-refractivity contribution >= 4 is 71.7 Å². The number of aromatic nitrogens is 4. The lowest BCUT2D eigenvalue weighted by Crippen LogP contribution is -2.49. The maximum Gasteiger partial charge on any atom is 0.389 e. The van der Waals surface area contributed by atoms with Crippen molar-refractivity contribution in [3.63, 3.8) is 0 Å². The van der Waals surface area contributed by atoms with E-state index >= 15 is 9.13 Å². The summed E-state index contributed by atoms with van der Waals surface area (Å²) in [5.74, 6) is 2.34. The third-order valence-electron chi connectivity index (χ3n) is 10.6. The Hall–Kier alpha value is -5.21. The Labute approximate surface area is 342 Å². The maximum atomic E-state index is 15.1. The molecule has 18 heteroatoms. The van der Waals surface area contributed by atoms with Gasteiger partial charge in [-0.3, -0.25) is 13.9 Å². The fourth-order valence-electron chi connectivity index (χ4n) is 7.15. The van der Waals surface area contributed by atoms with E-state index in [1.165, 1.54) is 0 Å². The molecule has 59 heavy (non-hydrogen) atoms. The Morgan fingerprint density at radius 2 is 1.17 bits per heavy atom. The monoisotopic (exact) mass is 841 g/mol. The lowest BCUT2D eigenvalue weighted by atomic mass is 10.1. The molecule has 0 aliphatic carbocycles. The largest absolute Gasteiger partial charge is 0.389 e. The fraction of sp³-hybridized carbons (Fsp3) is 0.341. The minimum atomic E-state index is -4.40. The van der Waals surface area contributed by atoms with Gasteiger partial charge in [0.15, 0.2) is 5.78 Å². The molecule has 2 aromatic carbocycles. The average Bonchev–Trinajstić information content (AvgIpc) is 3.87. The molecule has 4 N–H and O–H groups in total. The van der Waals surface area contributed by atoms with Crippen LogP contribution in [0.25, 0.3) is 21.8 Å². The highest BCUT2D eigenvalue weighted by atomic mass is 31.2. The predicted octanol–water partition coefficient (Wildman–Crippen LogP) is 8.12. The molecule has 2 saturated heterocycles. The van der Waals surface area contributed by atoms with Gasteiger partial charge in [0.1, 0.15) is 23.3 Å². The smallest absolute Gasteiger partial charge is 0.373 e. The number of anilines is 5. The molecule has 6 heterocycles. The molecule has 8 rings (SSSR count). The highest BCUT2D eigenvalue weighted by Crippen LogP contribution is 2.78. The summed E-state index contributed by atoms with van der Waals surface area (Å²) in [6.45, 7) is 2.39. The highest BCUT2D eigenvalue weighted by Gasteiger charge is 2.68. The molecular formula is C41H49N9O7P2. The van der Waals surface area contributed by atoms with E-state index in [-0.39, 0.29) is 38.6 Å². The summed E-state index contributed by atoms with van der Waals surface area (Å²) >= 11 is 0. The molecule has 0 saturated carbocycles. The van der Waals surface area contributed by atoms with Crippen LogP contribution in [0.1, 0.15) is 29.6 Å². The van der Waals surface area contributed by atoms with Crippen LogP contribution in [-0.2, 0) is 27.2 Å². The van der Waals surface area contributed by atoms with Gasteiger partial charge in [-0.15, -0.1) is 0 Å². The van der Waals surface area contributed by atoms with Crippen LogP contribution in [0, 0.1) is 0 Å². The van der Waals surface area contributed by atoms with Crippen LogP contribution >= 0.6 is 15.2 Å². The van der Waals surface area contributed by atoms with Gasteiger partial charge in [-0.1, -0.05) is 30.3 Å². The van der Waals surface area contributed by atoms with E-state index in [2.05, 4.69) is 40.4 Å². The number of carbonyl (C=O) groups is 1. The van der Waals surface area contributed by atoms with E-state index in [1.807, 2.05) is 92.8 Å². The minimum absolute atomic E-state index is 0.0401. The van der Waals surface area contributed by atoms with Gasteiger partial charge < -0.3 is 53.4 Å². The van der Waals surface area contributed by atoms with Gasteiger partial charge in [-0.2, -0.15) is 0 Å². The zero-order chi connectivity index (χ0) is 41.0. The zero-order valence-corrected chi connectivity index (χ0v) is 35.1. The maximum absolute atomic E-state index is 15.1. The van der Waals surface area contributed by atoms with Crippen LogP contribution in [0.4, 0.5) is 29.0 Å². The molecule has 2 aliphatic heterocycles. The van der Waals surface area contributed by atoms with Gasteiger partial charge in [0.2, 0.25) is 0 Å². The first-order chi connectivity index (χ1) is 28.5. The summed E-state index contributed by atoms with van der Waals surface area (Å²) in [6.07, 6.45) is 4.76. The number of rotatable bonds is 16. The summed E-state index contributed by atoms with van der Waals surface area (Å²) in [6, 6.07) is 26.5. The van der Waals surface area contributed by atoms with Gasteiger partial charge in [-0.05, 0) is 67.4 Å². The quantitative estimate of drug-likeness (QED) is 0.0417. The normalized spacial score (nSPS) is 16.5. The van der Waals surface area contributed by atoms with Crippen molar-refractivity contribution in [1.29, 1.82) is 0 Å². The second-order valence-corrected chi connectivity index (χ2v) is 19.4. The van der Waals surface area contributed by atoms with E-state index in [0.717, 1.165) is 46.7 Å². The van der Waals surface area contributed by atoms with E-state index in [9.17, 15) is 4.79 Å². The molecule has 310 valence electrons. The molecule has 4 aromatic heterocycles. The van der Waals surface area contributed by atoms with Gasteiger partial charge in [-0.25, -0.2) is 9.97 Å². The molecule has 0 spiro atoms. The van der Waals surface area contributed by atoms with Crippen molar-refractivity contribution in [2.45, 2.75) is 24.4 Å². The third-order valence-corrected chi connectivity index (χ3v) is 16.1. The summed E-state index contributed by atoms with van der Waals surface area (Å²) in [4.78, 5) is 35.1. The van der Waals surface area contributed by atoms with Crippen LogP contribution < -0.4 is 25.3 Å². The predicted molar refractivity (Wildman–Crippen MR) is 232 cm³/mol. The molecule has 2 aliphatic rings. The standard InChI is InChI=1S/C41H49N9O7P2/c1-48(20-21-50(3)40-11-5-7-18-43-40)33-15-14-31-28-38(45-35(31)29-33)47-41(58(52)54-22-8-23-55-58,59(53)56-24-9-25-57-59)46-37-27-30-12-13-32(26-34(30)44-37)36(51)16-19-49(2)39-10-4-6-17-42-39/h4-7,10-15,17-18,26-29,44-47H,8-9,16,19-25H2,1-3H3. The Bertz CT molecular complexity index is 2450. The summed E-state index contributed by atoms with van der Waals surface area (Å²) in [5.41, 5.74) is 2.91. The van der Waals surface area contributed by atoms with E-state index in [0.29, 0.717) is 42.1 Å². The number of nitrogens with one attached hydrogen (secondary N) is 4. The van der Waals surface area contributed by atoms with Gasteiger partial charge in [0.05, 0.1) is 26.4 Å². The Kier molecular flexibility index (Phi) is 11.8. The summed E-state index contributed by atoms with van der Waals surface area (Å²) < 4.78 is 54.2. The van der Waals surface area contributed by atoms with E-state index in [4.69, 9.17) is 18.1 Å². The molecule has 0 unspecified atom stereocenters. The van der Waals surface area contributed by atoms with Crippen molar-refractivity contribution in [2.24, 2.45) is 0 Å². The van der Waals surface area contributed by atoms with Crippen molar-refractivity contribution in [3.8, 4) is 0 Å². The lowest BCUT2D eigenvalue weighted by Gasteiger charge is -2.45. The minimum Gasteiger partial charge on any atom is -0.373 e. The molecule has 2 fully saturated rings. The van der Waals surface area contributed by atoms with Gasteiger partial charge in [0.25, 0.3) is 0 Å². The fourth-order valence-corrected chi connectivity index (χ4v) is 12.5. The van der Waals surface area contributed by atoms with Gasteiger partial charge in [0, 0.05) is 92.6 Å².